The molecule has 0 bridgehead atoms. The molecule has 1 saturated carbocycles. The fourth-order valence-electron chi connectivity index (χ4n) is 4.55. The van der Waals surface area contributed by atoms with E-state index in [0.29, 0.717) is 11.3 Å². The van der Waals surface area contributed by atoms with Crippen LogP contribution in [0, 0.1) is 0 Å². The third kappa shape index (κ3) is 6.66. The largest absolute Gasteiger partial charge is 0.465 e. The molecule has 2 aromatic rings. The normalized spacial score (nSPS) is 18.4. The molecule has 9 nitrogen and oxygen atoms in total. The molecule has 1 heterocycles. The van der Waals surface area contributed by atoms with Crippen LogP contribution in [-0.2, 0) is 14.6 Å². The number of anilines is 1. The highest BCUT2D eigenvalue weighted by Crippen LogP contribution is 2.42. The Hall–Kier alpha value is -2.66. The maximum absolute atomic E-state index is 13.6. The summed E-state index contributed by atoms with van der Waals surface area (Å²) in [5.41, 5.74) is 0.832. The number of alkyl carbamates (subject to hydrolysis) is 1. The van der Waals surface area contributed by atoms with E-state index in [4.69, 9.17) is 4.74 Å². The molecule has 0 unspecified atom stereocenters. The number of benzene rings is 1. The maximum Gasteiger partial charge on any atom is 0.412 e. The second-order valence-corrected chi connectivity index (χ2v) is 15.0. The maximum atomic E-state index is 13.6. The minimum Gasteiger partial charge on any atom is -0.465 e. The lowest BCUT2D eigenvalue weighted by Gasteiger charge is -2.28. The molecular weight excluding hydrogens is 526 g/mol. The quantitative estimate of drug-likeness (QED) is 0.396. The average molecular weight is 566 g/mol. The van der Waals surface area contributed by atoms with Gasteiger partial charge in [0.2, 0.25) is 0 Å². The van der Waals surface area contributed by atoms with E-state index in [9.17, 15) is 23.1 Å². The number of carbonyl (C=O) groups excluding carboxylic acids is 1. The van der Waals surface area contributed by atoms with Crippen molar-refractivity contribution in [2.45, 2.75) is 108 Å². The van der Waals surface area contributed by atoms with Crippen LogP contribution in [0.3, 0.4) is 0 Å². The molecule has 2 amide bonds. The number of ether oxygens (including phenoxy) is 1. The highest BCUT2D eigenvalue weighted by atomic mass is 32.2. The molecule has 1 aromatic heterocycles. The number of thiazole rings is 1. The van der Waals surface area contributed by atoms with Gasteiger partial charge in [0.15, 0.2) is 9.84 Å². The van der Waals surface area contributed by atoms with Crippen LogP contribution in [-0.4, -0.2) is 53.6 Å². The molecule has 210 valence electrons. The Morgan fingerprint density at radius 2 is 1.76 bits per heavy atom. The Bertz CT molecular complexity index is 1260. The Balaban J connectivity index is 1.90. The lowest BCUT2D eigenvalue weighted by Crippen LogP contribution is -2.38. The molecule has 2 N–H and O–H groups in total. The fraction of sp³-hybridized carbons (Fsp3) is 0.593. The minimum atomic E-state index is -3.80. The van der Waals surface area contributed by atoms with E-state index in [1.54, 1.807) is 52.9 Å². The standard InChI is InChI=1S/C27H39N3O6S2/c1-16(2)30(26(32)33)20-12-13-21(23(14-20)38(34,35)27(5,6)7)22-15-28-24(37-22)18-8-10-19(11-9-18)29-25(31)36-17(3)4/h12-19H,8-11H2,1-7H3,(H,29,31)(H,32,33). The summed E-state index contributed by atoms with van der Waals surface area (Å²) >= 11 is 1.47. The zero-order valence-corrected chi connectivity index (χ0v) is 24.8. The molecule has 0 aliphatic heterocycles. The van der Waals surface area contributed by atoms with Crippen molar-refractivity contribution in [3.05, 3.63) is 29.4 Å². The van der Waals surface area contributed by atoms with Crippen molar-refractivity contribution < 1.29 is 27.9 Å². The summed E-state index contributed by atoms with van der Waals surface area (Å²) in [4.78, 5) is 30.5. The van der Waals surface area contributed by atoms with Crippen molar-refractivity contribution in [3.63, 3.8) is 0 Å². The second-order valence-electron chi connectivity index (χ2n) is 11.3. The summed E-state index contributed by atoms with van der Waals surface area (Å²) in [5.74, 6) is 0.221. The van der Waals surface area contributed by atoms with Gasteiger partial charge >= 0.3 is 12.2 Å². The van der Waals surface area contributed by atoms with E-state index >= 15 is 0 Å². The predicted octanol–water partition coefficient (Wildman–Crippen LogP) is 6.44. The van der Waals surface area contributed by atoms with E-state index in [1.807, 2.05) is 13.8 Å². The summed E-state index contributed by atoms with van der Waals surface area (Å²) in [7, 11) is -3.80. The van der Waals surface area contributed by atoms with Gasteiger partial charge in [-0.15, -0.1) is 11.3 Å². The predicted molar refractivity (Wildman–Crippen MR) is 150 cm³/mol. The van der Waals surface area contributed by atoms with Gasteiger partial charge in [0, 0.05) is 35.4 Å². The molecule has 1 aliphatic rings. The average Bonchev–Trinajstić information content (AvgIpc) is 3.28. The van der Waals surface area contributed by atoms with Gasteiger partial charge in [0.05, 0.1) is 25.6 Å². The number of carbonyl (C=O) groups is 2. The highest BCUT2D eigenvalue weighted by Gasteiger charge is 2.35. The van der Waals surface area contributed by atoms with Gasteiger partial charge in [-0.1, -0.05) is 6.07 Å². The van der Waals surface area contributed by atoms with Crippen molar-refractivity contribution in [1.82, 2.24) is 10.3 Å². The van der Waals surface area contributed by atoms with Crippen LogP contribution in [0.25, 0.3) is 10.4 Å². The molecule has 0 radical (unpaired) electrons. The third-order valence-electron chi connectivity index (χ3n) is 6.59. The molecule has 0 saturated heterocycles. The number of hydrogen-bond acceptors (Lipinski definition) is 7. The van der Waals surface area contributed by atoms with Crippen LogP contribution in [0.15, 0.2) is 29.3 Å². The van der Waals surface area contributed by atoms with Gasteiger partial charge in [-0.05, 0) is 86.3 Å². The van der Waals surface area contributed by atoms with Crippen molar-refractivity contribution in [2.24, 2.45) is 0 Å². The summed E-state index contributed by atoms with van der Waals surface area (Å²) in [6, 6.07) is 4.50. The van der Waals surface area contributed by atoms with Crippen LogP contribution in [0.5, 0.6) is 0 Å². The molecule has 1 aliphatic carbocycles. The number of nitrogens with zero attached hydrogens (tertiary/aromatic N) is 2. The summed E-state index contributed by atoms with van der Waals surface area (Å²) in [6.45, 7) is 12.0. The number of sulfone groups is 1. The first kappa shape index (κ1) is 29.9. The number of aromatic nitrogens is 1. The highest BCUT2D eigenvalue weighted by molar-refractivity contribution is 7.93. The molecule has 11 heteroatoms. The lowest BCUT2D eigenvalue weighted by molar-refractivity contribution is 0.109. The number of carboxylic acid groups (broad SMARTS) is 1. The van der Waals surface area contributed by atoms with Crippen LogP contribution in [0.4, 0.5) is 15.3 Å². The number of amides is 2. The van der Waals surface area contributed by atoms with E-state index in [2.05, 4.69) is 10.3 Å². The monoisotopic (exact) mass is 565 g/mol. The SMILES string of the molecule is CC(C)OC(=O)NC1CCC(c2ncc(-c3ccc(N(C(=O)O)C(C)C)cc3S(=O)(=O)C(C)(C)C)s2)CC1. The molecule has 0 atom stereocenters. The lowest BCUT2D eigenvalue weighted by atomic mass is 9.86. The Kier molecular flexibility index (Phi) is 9.13. The Labute approximate surface area is 229 Å². The van der Waals surface area contributed by atoms with Crippen LogP contribution in [0.1, 0.15) is 85.1 Å². The smallest absolute Gasteiger partial charge is 0.412 e. The first-order chi connectivity index (χ1) is 17.6. The molecule has 1 fully saturated rings. The summed E-state index contributed by atoms with van der Waals surface area (Å²) in [5, 5.41) is 13.6. The van der Waals surface area contributed by atoms with E-state index in [-0.39, 0.29) is 29.0 Å². The van der Waals surface area contributed by atoms with Gasteiger partial charge in [0.1, 0.15) is 0 Å². The number of nitrogens with one attached hydrogen (secondary N) is 1. The first-order valence-corrected chi connectivity index (χ1v) is 15.3. The van der Waals surface area contributed by atoms with Gasteiger partial charge < -0.3 is 15.2 Å². The van der Waals surface area contributed by atoms with Gasteiger partial charge in [0.25, 0.3) is 0 Å². The van der Waals surface area contributed by atoms with Gasteiger partial charge in [-0.2, -0.15) is 0 Å². The van der Waals surface area contributed by atoms with Crippen molar-refractivity contribution in [2.75, 3.05) is 4.90 Å². The zero-order chi connectivity index (χ0) is 28.4. The van der Waals surface area contributed by atoms with Gasteiger partial charge in [-0.25, -0.2) is 23.0 Å². The van der Waals surface area contributed by atoms with Gasteiger partial charge in [-0.3, -0.25) is 4.90 Å². The van der Waals surface area contributed by atoms with E-state index in [0.717, 1.165) is 40.5 Å². The molecule has 0 spiro atoms. The first-order valence-electron chi connectivity index (χ1n) is 13.0. The van der Waals surface area contributed by atoms with E-state index in [1.165, 1.54) is 17.4 Å². The molecule has 1 aromatic carbocycles. The molecule has 38 heavy (non-hydrogen) atoms. The second kappa shape index (κ2) is 11.6. The van der Waals surface area contributed by atoms with Crippen molar-refractivity contribution in [1.29, 1.82) is 0 Å². The Morgan fingerprint density at radius 1 is 1.13 bits per heavy atom. The molecular formula is C27H39N3O6S2. The van der Waals surface area contributed by atoms with Crippen LogP contribution >= 0.6 is 11.3 Å². The number of rotatable bonds is 7. The topological polar surface area (TPSA) is 126 Å². The van der Waals surface area contributed by atoms with Crippen LogP contribution in [0.2, 0.25) is 0 Å². The zero-order valence-electron chi connectivity index (χ0n) is 23.1. The van der Waals surface area contributed by atoms with E-state index < -0.39 is 26.8 Å². The Morgan fingerprint density at radius 3 is 2.29 bits per heavy atom. The summed E-state index contributed by atoms with van der Waals surface area (Å²) in [6.07, 6.45) is 3.33. The fourth-order valence-corrected chi connectivity index (χ4v) is 7.14. The number of hydrogen-bond donors (Lipinski definition) is 2. The third-order valence-corrected chi connectivity index (χ3v) is 10.3. The van der Waals surface area contributed by atoms with Crippen molar-refractivity contribution >= 4 is 39.0 Å². The summed E-state index contributed by atoms with van der Waals surface area (Å²) < 4.78 is 31.4. The molecule has 3 rings (SSSR count). The minimum absolute atomic E-state index is 0.0612. The van der Waals surface area contributed by atoms with Crippen LogP contribution < -0.4 is 10.2 Å². The van der Waals surface area contributed by atoms with Crippen molar-refractivity contribution in [3.8, 4) is 10.4 Å².